The van der Waals surface area contributed by atoms with E-state index in [1.165, 1.54) is 25.7 Å². The van der Waals surface area contributed by atoms with Crippen LogP contribution in [0.3, 0.4) is 0 Å². The van der Waals surface area contributed by atoms with E-state index >= 15 is 0 Å². The van der Waals surface area contributed by atoms with Gasteiger partial charge in [-0.15, -0.1) is 0 Å². The molecule has 1 fully saturated rings. The van der Waals surface area contributed by atoms with Crippen LogP contribution in [0, 0.1) is 5.92 Å². The summed E-state index contributed by atoms with van der Waals surface area (Å²) in [7, 11) is 0. The van der Waals surface area contributed by atoms with Crippen LogP contribution in [0.25, 0.3) is 0 Å². The van der Waals surface area contributed by atoms with Crippen molar-refractivity contribution >= 4 is 23.2 Å². The van der Waals surface area contributed by atoms with Crippen LogP contribution in [0.4, 0.5) is 11.4 Å². The first-order valence-electron chi connectivity index (χ1n) is 8.03. The molecule has 3 rings (SSSR count). The van der Waals surface area contributed by atoms with Gasteiger partial charge in [-0.05, 0) is 37.5 Å². The van der Waals surface area contributed by atoms with E-state index in [0.29, 0.717) is 29.5 Å². The van der Waals surface area contributed by atoms with Crippen molar-refractivity contribution < 1.29 is 14.3 Å². The van der Waals surface area contributed by atoms with Gasteiger partial charge in [0.2, 0.25) is 5.91 Å². The fourth-order valence-corrected chi connectivity index (χ4v) is 3.14. The summed E-state index contributed by atoms with van der Waals surface area (Å²) in [6.45, 7) is 1.71. The second kappa shape index (κ2) is 6.38. The van der Waals surface area contributed by atoms with Crippen LogP contribution in [-0.4, -0.2) is 17.9 Å². The van der Waals surface area contributed by atoms with E-state index in [-0.39, 0.29) is 11.8 Å². The molecule has 1 aromatic rings. The molecule has 22 heavy (non-hydrogen) atoms. The maximum atomic E-state index is 12.0. The van der Waals surface area contributed by atoms with E-state index < -0.39 is 6.10 Å². The van der Waals surface area contributed by atoms with Gasteiger partial charge in [-0.25, -0.2) is 0 Å². The number of hydrogen-bond donors (Lipinski definition) is 2. The number of carbonyl (C=O) groups is 2. The number of hydrogen-bond acceptors (Lipinski definition) is 3. The number of ether oxygens (including phenoxy) is 1. The molecule has 2 amide bonds. The van der Waals surface area contributed by atoms with Crippen LogP contribution in [-0.2, 0) is 9.59 Å². The molecule has 5 heteroatoms. The van der Waals surface area contributed by atoms with Crippen molar-refractivity contribution in [3.8, 4) is 5.75 Å². The normalized spacial score (nSPS) is 21.0. The van der Waals surface area contributed by atoms with Gasteiger partial charge in [-0.2, -0.15) is 0 Å². The summed E-state index contributed by atoms with van der Waals surface area (Å²) in [6, 6.07) is 5.32. The van der Waals surface area contributed by atoms with Crippen molar-refractivity contribution in [2.45, 2.75) is 51.6 Å². The SMILES string of the molecule is CC1Oc2ccc(NC(=O)CCC3CCCC3)cc2NC1=O. The molecule has 1 heterocycles. The standard InChI is InChI=1S/C17H22N2O3/c1-11-17(21)19-14-10-13(7-8-15(14)22-11)18-16(20)9-6-12-4-2-3-5-12/h7-8,10-12H,2-6,9H2,1H3,(H,18,20)(H,19,21). The quantitative estimate of drug-likeness (QED) is 0.896. The van der Waals surface area contributed by atoms with Gasteiger partial charge in [0.1, 0.15) is 5.75 Å². The molecule has 0 bridgehead atoms. The molecule has 0 aromatic heterocycles. The third-order valence-corrected chi connectivity index (χ3v) is 4.45. The number of anilines is 2. The second-order valence-electron chi connectivity index (χ2n) is 6.20. The maximum Gasteiger partial charge on any atom is 0.265 e. The van der Waals surface area contributed by atoms with Gasteiger partial charge < -0.3 is 15.4 Å². The van der Waals surface area contributed by atoms with Gasteiger partial charge in [0.15, 0.2) is 6.10 Å². The number of nitrogens with one attached hydrogen (secondary N) is 2. The van der Waals surface area contributed by atoms with Crippen molar-refractivity contribution in [2.24, 2.45) is 5.92 Å². The molecule has 2 aliphatic rings. The molecule has 0 spiro atoms. The number of rotatable bonds is 4. The lowest BCUT2D eigenvalue weighted by atomic mass is 10.0. The van der Waals surface area contributed by atoms with E-state index in [1.807, 2.05) is 0 Å². The highest BCUT2D eigenvalue weighted by atomic mass is 16.5. The average molecular weight is 302 g/mol. The van der Waals surface area contributed by atoms with E-state index in [9.17, 15) is 9.59 Å². The monoisotopic (exact) mass is 302 g/mol. The number of benzene rings is 1. The fraction of sp³-hybridized carbons (Fsp3) is 0.529. The molecule has 2 N–H and O–H groups in total. The summed E-state index contributed by atoms with van der Waals surface area (Å²) in [6.07, 6.45) is 6.15. The Hall–Kier alpha value is -2.04. The fourth-order valence-electron chi connectivity index (χ4n) is 3.14. The van der Waals surface area contributed by atoms with Crippen LogP contribution in [0.15, 0.2) is 18.2 Å². The Bertz CT molecular complexity index is 579. The van der Waals surface area contributed by atoms with Crippen molar-refractivity contribution in [1.29, 1.82) is 0 Å². The van der Waals surface area contributed by atoms with E-state index in [2.05, 4.69) is 10.6 Å². The molecule has 1 unspecified atom stereocenters. The summed E-state index contributed by atoms with van der Waals surface area (Å²) in [5, 5.41) is 5.68. The molecular formula is C17H22N2O3. The van der Waals surface area contributed by atoms with Crippen molar-refractivity contribution in [2.75, 3.05) is 10.6 Å². The van der Waals surface area contributed by atoms with Gasteiger partial charge in [0, 0.05) is 12.1 Å². The van der Waals surface area contributed by atoms with Crippen LogP contribution in [0.1, 0.15) is 45.4 Å². The first-order valence-corrected chi connectivity index (χ1v) is 8.03. The zero-order valence-corrected chi connectivity index (χ0v) is 12.9. The highest BCUT2D eigenvalue weighted by molar-refractivity contribution is 5.99. The lowest BCUT2D eigenvalue weighted by molar-refractivity contribution is -0.122. The average Bonchev–Trinajstić information content (AvgIpc) is 3.00. The molecule has 1 saturated carbocycles. The molecular weight excluding hydrogens is 280 g/mol. The van der Waals surface area contributed by atoms with Crippen LogP contribution in [0.5, 0.6) is 5.75 Å². The number of fused-ring (bicyclic) bond motifs is 1. The van der Waals surface area contributed by atoms with Crippen LogP contribution >= 0.6 is 0 Å². The molecule has 1 aliphatic heterocycles. The van der Waals surface area contributed by atoms with E-state index in [4.69, 9.17) is 4.74 Å². The molecule has 1 aromatic carbocycles. The summed E-state index contributed by atoms with van der Waals surface area (Å²) in [5.74, 6) is 1.21. The summed E-state index contributed by atoms with van der Waals surface area (Å²) in [4.78, 5) is 23.6. The van der Waals surface area contributed by atoms with E-state index in [0.717, 1.165) is 6.42 Å². The first kappa shape index (κ1) is 14.9. The zero-order valence-electron chi connectivity index (χ0n) is 12.9. The summed E-state index contributed by atoms with van der Waals surface area (Å²) < 4.78 is 5.49. The van der Waals surface area contributed by atoms with Gasteiger partial charge in [-0.3, -0.25) is 9.59 Å². The van der Waals surface area contributed by atoms with Gasteiger partial charge in [-0.1, -0.05) is 25.7 Å². The highest BCUT2D eigenvalue weighted by Crippen LogP contribution is 2.32. The Morgan fingerprint density at radius 3 is 2.91 bits per heavy atom. The first-order chi connectivity index (χ1) is 10.6. The zero-order chi connectivity index (χ0) is 15.5. The predicted octanol–water partition coefficient (Wildman–Crippen LogP) is 3.31. The van der Waals surface area contributed by atoms with Crippen LogP contribution < -0.4 is 15.4 Å². The third-order valence-electron chi connectivity index (χ3n) is 4.45. The Balaban J connectivity index is 1.57. The number of amides is 2. The molecule has 1 atom stereocenters. The molecule has 1 aliphatic carbocycles. The smallest absolute Gasteiger partial charge is 0.265 e. The topological polar surface area (TPSA) is 67.4 Å². The molecule has 0 radical (unpaired) electrons. The second-order valence-corrected chi connectivity index (χ2v) is 6.20. The predicted molar refractivity (Wildman–Crippen MR) is 85.0 cm³/mol. The summed E-state index contributed by atoms with van der Waals surface area (Å²) in [5.41, 5.74) is 1.30. The Morgan fingerprint density at radius 1 is 1.36 bits per heavy atom. The summed E-state index contributed by atoms with van der Waals surface area (Å²) >= 11 is 0. The minimum Gasteiger partial charge on any atom is -0.479 e. The minimum atomic E-state index is -0.487. The molecule has 0 saturated heterocycles. The highest BCUT2D eigenvalue weighted by Gasteiger charge is 2.23. The van der Waals surface area contributed by atoms with Gasteiger partial charge in [0.05, 0.1) is 5.69 Å². The van der Waals surface area contributed by atoms with Crippen molar-refractivity contribution in [1.82, 2.24) is 0 Å². The largest absolute Gasteiger partial charge is 0.479 e. The molecule has 5 nitrogen and oxygen atoms in total. The van der Waals surface area contributed by atoms with Crippen LogP contribution in [0.2, 0.25) is 0 Å². The van der Waals surface area contributed by atoms with E-state index in [1.54, 1.807) is 25.1 Å². The third kappa shape index (κ3) is 3.40. The Morgan fingerprint density at radius 2 is 2.14 bits per heavy atom. The van der Waals surface area contributed by atoms with Crippen molar-refractivity contribution in [3.63, 3.8) is 0 Å². The maximum absolute atomic E-state index is 12.0. The Labute approximate surface area is 130 Å². The lowest BCUT2D eigenvalue weighted by Gasteiger charge is -2.23. The van der Waals surface area contributed by atoms with Gasteiger partial charge in [0.25, 0.3) is 5.91 Å². The van der Waals surface area contributed by atoms with Crippen molar-refractivity contribution in [3.05, 3.63) is 18.2 Å². The number of carbonyl (C=O) groups excluding carboxylic acids is 2. The minimum absolute atomic E-state index is 0.0308. The lowest BCUT2D eigenvalue weighted by Crippen LogP contribution is -2.34. The van der Waals surface area contributed by atoms with Gasteiger partial charge >= 0.3 is 0 Å². The Kier molecular flexibility index (Phi) is 4.32. The molecule has 118 valence electrons.